The highest BCUT2D eigenvalue weighted by Gasteiger charge is 2.32. The fourth-order valence-corrected chi connectivity index (χ4v) is 7.35. The van der Waals surface area contributed by atoms with Crippen molar-refractivity contribution in [2.24, 2.45) is 0 Å². The van der Waals surface area contributed by atoms with Crippen molar-refractivity contribution in [3.05, 3.63) is 48.9 Å². The number of methoxy groups -OCH3 is 1. The Kier molecular flexibility index (Phi) is 6.85. The molecular formula is C22H23N3O3S4. The van der Waals surface area contributed by atoms with Crippen LogP contribution in [0.5, 0.6) is 5.75 Å². The van der Waals surface area contributed by atoms with Crippen LogP contribution in [0.25, 0.3) is 11.0 Å². The lowest BCUT2D eigenvalue weighted by molar-refractivity contribution is -0.120. The second kappa shape index (κ2) is 9.46. The summed E-state index contributed by atoms with van der Waals surface area (Å²) in [5.41, 5.74) is 1.02. The van der Waals surface area contributed by atoms with Crippen LogP contribution in [0.1, 0.15) is 20.8 Å². The number of rotatable bonds is 5. The van der Waals surface area contributed by atoms with E-state index in [1.807, 2.05) is 38.1 Å². The standard InChI is InChI=1S/C22H23N3O3S4/c1-5-23-14-12-13(28-4)8-9-15(14)30-17(23)11-10-16-19(26)24(6-2)21(31-16)18-20(27)25(7-3)22(29)32-18/h8-12H,5-7H2,1-4H3/b16-10-,17-11+,21-18?. The number of hydrogen-bond acceptors (Lipinski definition) is 8. The number of hydrogen-bond donors (Lipinski definition) is 0. The number of nitrogens with zero attached hydrogens (tertiary/aromatic N) is 3. The van der Waals surface area contributed by atoms with Crippen molar-refractivity contribution in [2.75, 3.05) is 25.1 Å². The van der Waals surface area contributed by atoms with Crippen LogP contribution in [0.3, 0.4) is 0 Å². The zero-order chi connectivity index (χ0) is 23.0. The molecule has 1 fully saturated rings. The summed E-state index contributed by atoms with van der Waals surface area (Å²) in [5, 5.41) is 1.05. The summed E-state index contributed by atoms with van der Waals surface area (Å²) in [6.45, 7) is 7.72. The molecular weight excluding hydrogens is 483 g/mol. The largest absolute Gasteiger partial charge is 0.497 e. The van der Waals surface area contributed by atoms with Gasteiger partial charge in [-0.25, -0.2) is 0 Å². The van der Waals surface area contributed by atoms with Gasteiger partial charge in [-0.2, -0.15) is 0 Å². The lowest BCUT2D eigenvalue weighted by Crippen LogP contribution is -2.33. The SMILES string of the molecule is CCN1C(=O)C(=c2s/c(=C\C=C3\Sc4ccc(OC)cc4N3CC)c(=O)n2CC)SC1=S. The lowest BCUT2D eigenvalue weighted by Gasteiger charge is -2.18. The molecule has 0 N–H and O–H groups in total. The monoisotopic (exact) mass is 505 g/mol. The predicted molar refractivity (Wildman–Crippen MR) is 139 cm³/mol. The third-order valence-electron chi connectivity index (χ3n) is 5.21. The molecule has 0 atom stereocenters. The molecule has 2 aromatic rings. The Morgan fingerprint density at radius 2 is 1.78 bits per heavy atom. The number of amides is 1. The van der Waals surface area contributed by atoms with Gasteiger partial charge < -0.3 is 9.64 Å². The van der Waals surface area contributed by atoms with Gasteiger partial charge in [-0.15, -0.1) is 11.3 Å². The molecule has 0 spiro atoms. The average Bonchev–Trinajstić information content (AvgIpc) is 3.41. The number of benzene rings is 1. The number of thioether (sulfide) groups is 2. The summed E-state index contributed by atoms with van der Waals surface area (Å²) in [6, 6.07) is 6.04. The quantitative estimate of drug-likeness (QED) is 0.579. The summed E-state index contributed by atoms with van der Waals surface area (Å²) in [4.78, 5) is 31.3. The molecule has 4 rings (SSSR count). The highest BCUT2D eigenvalue weighted by molar-refractivity contribution is 8.30. The number of ether oxygens (including phenoxy) is 1. The van der Waals surface area contributed by atoms with E-state index in [0.717, 1.165) is 27.9 Å². The van der Waals surface area contributed by atoms with Crippen molar-refractivity contribution in [3.63, 3.8) is 0 Å². The smallest absolute Gasteiger partial charge is 0.269 e. The van der Waals surface area contributed by atoms with Crippen LogP contribution in [-0.2, 0) is 11.3 Å². The van der Waals surface area contributed by atoms with Crippen LogP contribution in [-0.4, -0.2) is 39.9 Å². The van der Waals surface area contributed by atoms with Crippen molar-refractivity contribution >= 4 is 74.0 Å². The van der Waals surface area contributed by atoms with Crippen molar-refractivity contribution < 1.29 is 9.53 Å². The predicted octanol–water partition coefficient (Wildman–Crippen LogP) is 3.18. The summed E-state index contributed by atoms with van der Waals surface area (Å²) in [7, 11) is 1.66. The second-order valence-corrected chi connectivity index (χ2v) is 10.7. The van der Waals surface area contributed by atoms with E-state index in [0.29, 0.717) is 31.5 Å². The van der Waals surface area contributed by atoms with Gasteiger partial charge in [0.15, 0.2) is 0 Å². The zero-order valence-corrected chi connectivity index (χ0v) is 21.5. The van der Waals surface area contributed by atoms with Gasteiger partial charge in [0.1, 0.15) is 19.6 Å². The normalized spacial score (nSPS) is 19.5. The van der Waals surface area contributed by atoms with Crippen molar-refractivity contribution in [3.8, 4) is 5.75 Å². The molecule has 2 aliphatic rings. The molecule has 32 heavy (non-hydrogen) atoms. The molecule has 168 valence electrons. The first kappa shape index (κ1) is 23.2. The van der Waals surface area contributed by atoms with Crippen LogP contribution in [0.15, 0.2) is 39.0 Å². The van der Waals surface area contributed by atoms with Crippen LogP contribution >= 0.6 is 47.1 Å². The second-order valence-electron chi connectivity index (χ2n) is 6.92. The molecule has 2 aliphatic heterocycles. The van der Waals surface area contributed by atoms with E-state index in [9.17, 15) is 9.59 Å². The average molecular weight is 506 g/mol. The van der Waals surface area contributed by atoms with Crippen molar-refractivity contribution in [1.29, 1.82) is 0 Å². The fraction of sp³-hybridized carbons (Fsp3) is 0.318. The summed E-state index contributed by atoms with van der Waals surface area (Å²) >= 11 is 9.63. The number of aromatic nitrogens is 1. The van der Waals surface area contributed by atoms with Gasteiger partial charge in [-0.05, 0) is 45.1 Å². The number of carbonyl (C=O) groups excluding carboxylic acids is 1. The number of thiocarbonyl (C=S) groups is 1. The van der Waals surface area contributed by atoms with Crippen LogP contribution < -0.4 is 24.4 Å². The molecule has 1 amide bonds. The van der Waals surface area contributed by atoms with Gasteiger partial charge in [-0.1, -0.05) is 35.7 Å². The number of fused-ring (bicyclic) bond motifs is 1. The Bertz CT molecular complexity index is 1310. The first-order valence-electron chi connectivity index (χ1n) is 10.3. The van der Waals surface area contributed by atoms with Crippen LogP contribution in [0.4, 0.5) is 5.69 Å². The van der Waals surface area contributed by atoms with E-state index in [2.05, 4.69) is 17.9 Å². The third-order valence-corrected chi connectivity index (χ3v) is 9.06. The lowest BCUT2D eigenvalue weighted by atomic mass is 10.2. The maximum Gasteiger partial charge on any atom is 0.269 e. The van der Waals surface area contributed by atoms with Gasteiger partial charge >= 0.3 is 0 Å². The Morgan fingerprint density at radius 1 is 1.03 bits per heavy atom. The number of allylic oxidation sites excluding steroid dienone is 1. The molecule has 10 heteroatoms. The molecule has 0 radical (unpaired) electrons. The summed E-state index contributed by atoms with van der Waals surface area (Å²) in [6.07, 6.45) is 3.84. The third kappa shape index (κ3) is 3.93. The molecule has 1 aromatic heterocycles. The Balaban J connectivity index is 1.79. The summed E-state index contributed by atoms with van der Waals surface area (Å²) in [5.74, 6) is 0.695. The van der Waals surface area contributed by atoms with Crippen LogP contribution in [0, 0.1) is 0 Å². The van der Waals surface area contributed by atoms with Crippen molar-refractivity contribution in [2.45, 2.75) is 32.2 Å². The van der Waals surface area contributed by atoms with E-state index in [-0.39, 0.29) is 11.5 Å². The van der Waals surface area contributed by atoms with Crippen molar-refractivity contribution in [1.82, 2.24) is 9.47 Å². The molecule has 1 saturated heterocycles. The molecule has 0 saturated carbocycles. The topological polar surface area (TPSA) is 54.8 Å². The number of anilines is 1. The number of thiazole rings is 1. The van der Waals surface area contributed by atoms with E-state index in [4.69, 9.17) is 17.0 Å². The molecule has 0 aliphatic carbocycles. The molecule has 0 unspecified atom stereocenters. The van der Waals surface area contributed by atoms with E-state index < -0.39 is 0 Å². The van der Waals surface area contributed by atoms with Gasteiger partial charge in [0.05, 0.1) is 22.4 Å². The minimum Gasteiger partial charge on any atom is -0.497 e. The highest BCUT2D eigenvalue weighted by Crippen LogP contribution is 2.47. The number of carbonyl (C=O) groups is 1. The first-order chi connectivity index (χ1) is 15.4. The van der Waals surface area contributed by atoms with Gasteiger partial charge in [0.25, 0.3) is 11.5 Å². The maximum atomic E-state index is 13.1. The van der Waals surface area contributed by atoms with E-state index in [1.165, 1.54) is 23.1 Å². The van der Waals surface area contributed by atoms with Gasteiger partial charge in [-0.3, -0.25) is 19.1 Å². The molecule has 3 heterocycles. The highest BCUT2D eigenvalue weighted by atomic mass is 32.2. The molecule has 0 bridgehead atoms. The molecule has 1 aromatic carbocycles. The minimum atomic E-state index is -0.122. The van der Waals surface area contributed by atoms with Crippen LogP contribution in [0.2, 0.25) is 0 Å². The first-order valence-corrected chi connectivity index (χ1v) is 13.1. The Hall–Kier alpha value is -2.01. The van der Waals surface area contributed by atoms with E-state index >= 15 is 0 Å². The van der Waals surface area contributed by atoms with E-state index in [1.54, 1.807) is 28.3 Å². The maximum absolute atomic E-state index is 13.1. The molecule has 6 nitrogen and oxygen atoms in total. The minimum absolute atomic E-state index is 0.0867. The van der Waals surface area contributed by atoms with Gasteiger partial charge in [0, 0.05) is 30.6 Å². The van der Waals surface area contributed by atoms with Gasteiger partial charge in [0.2, 0.25) is 0 Å². The fourth-order valence-electron chi connectivity index (χ4n) is 3.59. The zero-order valence-electron chi connectivity index (χ0n) is 18.2. The Morgan fingerprint density at radius 3 is 2.41 bits per heavy atom. The Labute approximate surface area is 204 Å². The summed E-state index contributed by atoms with van der Waals surface area (Å²) < 4.78 is 8.85.